The van der Waals surface area contributed by atoms with Crippen molar-refractivity contribution in [3.05, 3.63) is 0 Å². The molecule has 0 bridgehead atoms. The maximum absolute atomic E-state index is 12.1. The van der Waals surface area contributed by atoms with Crippen LogP contribution in [0.1, 0.15) is 41.5 Å². The van der Waals surface area contributed by atoms with Crippen LogP contribution in [0.3, 0.4) is 0 Å². The van der Waals surface area contributed by atoms with Gasteiger partial charge in [0.25, 0.3) is 0 Å². The number of hydrogen-bond donors (Lipinski definition) is 2. The van der Waals surface area contributed by atoms with Crippen LogP contribution in [0.4, 0.5) is 0 Å². The SMILES string of the molecule is CC(CO)C(C)NC(=O)C1C(C)(C)C1(C)C. The van der Waals surface area contributed by atoms with E-state index >= 15 is 0 Å². The quantitative estimate of drug-likeness (QED) is 0.769. The molecule has 1 saturated carbocycles. The van der Waals surface area contributed by atoms with Gasteiger partial charge in [0.15, 0.2) is 0 Å². The predicted octanol–water partition coefficient (Wildman–Crippen LogP) is 1.80. The average molecular weight is 227 g/mol. The van der Waals surface area contributed by atoms with Crippen LogP contribution in [-0.4, -0.2) is 23.7 Å². The summed E-state index contributed by atoms with van der Waals surface area (Å²) in [6.07, 6.45) is 0. The van der Waals surface area contributed by atoms with E-state index in [1.54, 1.807) is 0 Å². The first-order valence-electron chi connectivity index (χ1n) is 6.07. The molecule has 3 nitrogen and oxygen atoms in total. The third kappa shape index (κ3) is 1.97. The number of aliphatic hydroxyl groups excluding tert-OH is 1. The van der Waals surface area contributed by atoms with Gasteiger partial charge in [-0.15, -0.1) is 0 Å². The smallest absolute Gasteiger partial charge is 0.224 e. The first kappa shape index (κ1) is 13.5. The fraction of sp³-hybridized carbons (Fsp3) is 0.923. The van der Waals surface area contributed by atoms with Gasteiger partial charge in [-0.2, -0.15) is 0 Å². The Hall–Kier alpha value is -0.570. The lowest BCUT2D eigenvalue weighted by Gasteiger charge is -2.19. The van der Waals surface area contributed by atoms with Gasteiger partial charge >= 0.3 is 0 Å². The number of rotatable bonds is 4. The zero-order chi connectivity index (χ0) is 12.7. The normalized spacial score (nSPS) is 25.9. The zero-order valence-corrected chi connectivity index (χ0v) is 11.3. The maximum atomic E-state index is 12.1. The highest BCUT2D eigenvalue weighted by Gasteiger charge is 2.68. The number of amides is 1. The van der Waals surface area contributed by atoms with Gasteiger partial charge < -0.3 is 10.4 Å². The van der Waals surface area contributed by atoms with Gasteiger partial charge in [0.1, 0.15) is 0 Å². The van der Waals surface area contributed by atoms with Crippen molar-refractivity contribution in [2.45, 2.75) is 47.6 Å². The molecule has 2 unspecified atom stereocenters. The van der Waals surface area contributed by atoms with E-state index in [1.165, 1.54) is 0 Å². The maximum Gasteiger partial charge on any atom is 0.224 e. The minimum atomic E-state index is 0.0321. The molecule has 2 N–H and O–H groups in total. The van der Waals surface area contributed by atoms with Crippen LogP contribution in [0.2, 0.25) is 0 Å². The van der Waals surface area contributed by atoms with Gasteiger partial charge in [0, 0.05) is 18.6 Å². The summed E-state index contributed by atoms with van der Waals surface area (Å²) < 4.78 is 0. The fourth-order valence-electron chi connectivity index (χ4n) is 2.46. The molecule has 1 amide bonds. The van der Waals surface area contributed by atoms with Crippen molar-refractivity contribution in [2.24, 2.45) is 22.7 Å². The van der Waals surface area contributed by atoms with Gasteiger partial charge in [0.05, 0.1) is 0 Å². The molecule has 0 aliphatic heterocycles. The Balaban J connectivity index is 2.56. The molecule has 1 aliphatic carbocycles. The van der Waals surface area contributed by atoms with Gasteiger partial charge in [-0.05, 0) is 23.7 Å². The molecule has 0 aromatic rings. The lowest BCUT2D eigenvalue weighted by molar-refractivity contribution is -0.124. The van der Waals surface area contributed by atoms with Crippen molar-refractivity contribution in [1.29, 1.82) is 0 Å². The Kier molecular flexibility index (Phi) is 3.39. The summed E-state index contributed by atoms with van der Waals surface area (Å²) in [5.41, 5.74) is 0.165. The van der Waals surface area contributed by atoms with Gasteiger partial charge in [-0.25, -0.2) is 0 Å². The molecule has 0 saturated heterocycles. The third-order valence-corrected chi connectivity index (χ3v) is 4.79. The first-order chi connectivity index (χ1) is 7.16. The fourth-order valence-corrected chi connectivity index (χ4v) is 2.46. The van der Waals surface area contributed by atoms with E-state index in [-0.39, 0.29) is 41.2 Å². The van der Waals surface area contributed by atoms with Crippen LogP contribution in [0.15, 0.2) is 0 Å². The van der Waals surface area contributed by atoms with Crippen LogP contribution in [0, 0.1) is 22.7 Å². The minimum absolute atomic E-state index is 0.0321. The van der Waals surface area contributed by atoms with Crippen molar-refractivity contribution in [2.75, 3.05) is 6.61 Å². The van der Waals surface area contributed by atoms with E-state index in [2.05, 4.69) is 33.0 Å². The molecule has 1 aliphatic rings. The monoisotopic (exact) mass is 227 g/mol. The molecule has 2 atom stereocenters. The Bertz CT molecular complexity index is 270. The summed E-state index contributed by atoms with van der Waals surface area (Å²) in [5, 5.41) is 12.0. The van der Waals surface area contributed by atoms with Crippen LogP contribution < -0.4 is 5.32 Å². The van der Waals surface area contributed by atoms with E-state index in [4.69, 9.17) is 5.11 Å². The van der Waals surface area contributed by atoms with E-state index in [1.807, 2.05) is 13.8 Å². The molecular formula is C13H25NO2. The molecule has 1 fully saturated rings. The van der Waals surface area contributed by atoms with Crippen LogP contribution in [0.5, 0.6) is 0 Å². The standard InChI is InChI=1S/C13H25NO2/c1-8(7-15)9(2)14-11(16)10-12(3,4)13(10,5)6/h8-10,15H,7H2,1-6H3,(H,14,16). The third-order valence-electron chi connectivity index (χ3n) is 4.79. The summed E-state index contributed by atoms with van der Waals surface area (Å²) in [5.74, 6) is 0.324. The highest BCUT2D eigenvalue weighted by molar-refractivity contribution is 5.84. The first-order valence-corrected chi connectivity index (χ1v) is 6.07. The largest absolute Gasteiger partial charge is 0.396 e. The molecule has 0 heterocycles. The Morgan fingerprint density at radius 1 is 1.25 bits per heavy atom. The van der Waals surface area contributed by atoms with Crippen molar-refractivity contribution < 1.29 is 9.90 Å². The molecule has 3 heteroatoms. The minimum Gasteiger partial charge on any atom is -0.396 e. The molecule has 0 aromatic carbocycles. The number of carbonyl (C=O) groups is 1. The van der Waals surface area contributed by atoms with Gasteiger partial charge in [0.2, 0.25) is 5.91 Å². The van der Waals surface area contributed by atoms with Crippen molar-refractivity contribution in [1.82, 2.24) is 5.32 Å². The lowest BCUT2D eigenvalue weighted by Crippen LogP contribution is -2.40. The van der Waals surface area contributed by atoms with Crippen LogP contribution in [0.25, 0.3) is 0 Å². The van der Waals surface area contributed by atoms with Gasteiger partial charge in [-0.1, -0.05) is 34.6 Å². The molecule has 0 spiro atoms. The lowest BCUT2D eigenvalue weighted by atomic mass is 10.0. The second-order valence-corrected chi connectivity index (χ2v) is 6.33. The highest BCUT2D eigenvalue weighted by atomic mass is 16.3. The number of hydrogen-bond acceptors (Lipinski definition) is 2. The Morgan fingerprint density at radius 2 is 1.69 bits per heavy atom. The number of nitrogens with one attached hydrogen (secondary N) is 1. The molecule has 94 valence electrons. The van der Waals surface area contributed by atoms with Crippen molar-refractivity contribution >= 4 is 5.91 Å². The zero-order valence-electron chi connectivity index (χ0n) is 11.3. The molecule has 0 aromatic heterocycles. The predicted molar refractivity (Wildman–Crippen MR) is 64.9 cm³/mol. The van der Waals surface area contributed by atoms with Crippen LogP contribution >= 0.6 is 0 Å². The van der Waals surface area contributed by atoms with E-state index < -0.39 is 0 Å². The summed E-state index contributed by atoms with van der Waals surface area (Å²) >= 11 is 0. The topological polar surface area (TPSA) is 49.3 Å². The second-order valence-electron chi connectivity index (χ2n) is 6.33. The second kappa shape index (κ2) is 4.02. The van der Waals surface area contributed by atoms with Crippen molar-refractivity contribution in [3.8, 4) is 0 Å². The number of aliphatic hydroxyl groups is 1. The molecule has 0 radical (unpaired) electrons. The summed E-state index contributed by atoms with van der Waals surface area (Å²) in [6, 6.07) is 0.0321. The Morgan fingerprint density at radius 3 is 2.00 bits per heavy atom. The van der Waals surface area contributed by atoms with Gasteiger partial charge in [-0.3, -0.25) is 4.79 Å². The van der Waals surface area contributed by atoms with Crippen molar-refractivity contribution in [3.63, 3.8) is 0 Å². The summed E-state index contributed by atoms with van der Waals surface area (Å²) in [7, 11) is 0. The van der Waals surface area contributed by atoms with E-state index in [9.17, 15) is 4.79 Å². The molecular weight excluding hydrogens is 202 g/mol. The average Bonchev–Trinajstić information content (AvgIpc) is 2.55. The number of carbonyl (C=O) groups excluding carboxylic acids is 1. The summed E-state index contributed by atoms with van der Waals surface area (Å²) in [6.45, 7) is 12.5. The van der Waals surface area contributed by atoms with Crippen LogP contribution in [-0.2, 0) is 4.79 Å². The highest BCUT2D eigenvalue weighted by Crippen LogP contribution is 2.68. The molecule has 1 rings (SSSR count). The Labute approximate surface area is 98.6 Å². The molecule has 16 heavy (non-hydrogen) atoms. The summed E-state index contributed by atoms with van der Waals surface area (Å²) in [4.78, 5) is 12.1. The van der Waals surface area contributed by atoms with E-state index in [0.29, 0.717) is 0 Å². The van der Waals surface area contributed by atoms with E-state index in [0.717, 1.165) is 0 Å².